The maximum absolute atomic E-state index is 8.66. The van der Waals surface area contributed by atoms with Crippen LogP contribution in [0.25, 0.3) is 0 Å². The number of halogens is 1. The van der Waals surface area contributed by atoms with Gasteiger partial charge < -0.3 is 25.4 Å². The van der Waals surface area contributed by atoms with Gasteiger partial charge in [-0.05, 0) is 0 Å². The third-order valence-electron chi connectivity index (χ3n) is 0. The van der Waals surface area contributed by atoms with Crippen LogP contribution in [0.15, 0.2) is 0 Å². The first-order chi connectivity index (χ1) is 2.00. The van der Waals surface area contributed by atoms with Crippen LogP contribution in [0.1, 0.15) is 0 Å². The van der Waals surface area contributed by atoms with Crippen LogP contribution >= 0.6 is 20.2 Å². The molecule has 0 saturated carbocycles. The molecule has 0 atom stereocenters. The molecule has 0 aliphatic rings. The second-order valence-electron chi connectivity index (χ2n) is 0.469. The Balaban J connectivity index is -0.0000000267. The van der Waals surface area contributed by atoms with E-state index in [0.717, 1.165) is 0 Å². The summed E-state index contributed by atoms with van der Waals surface area (Å²) in [5.41, 5.74) is 0. The number of rotatable bonds is 0. The minimum atomic E-state index is -5.14. The standard InChI is InChI=1S/ClH.H3N.H3O4P.Zn/c;;1-5(2,3)4;/h1H;1H3;(H3,1,2,3,4);/q;;;+2/p-2. The van der Waals surface area contributed by atoms with Gasteiger partial charge in [-0.25, -0.2) is 0 Å². The van der Waals surface area contributed by atoms with E-state index in [4.69, 9.17) is 19.2 Å². The summed E-state index contributed by atoms with van der Waals surface area (Å²) in [6.07, 6.45) is 0. The minimum Gasteiger partial charge on any atom is -0.790 e. The first-order valence-corrected chi connectivity index (χ1v) is 2.24. The van der Waals surface area contributed by atoms with E-state index in [9.17, 15) is 0 Å². The predicted octanol–water partition coefficient (Wildman–Crippen LogP) is -1.61. The Morgan fingerprint density at radius 3 is 1.38 bits per heavy atom. The van der Waals surface area contributed by atoms with Gasteiger partial charge in [0.25, 0.3) is 0 Å². The number of hydrogen-bond acceptors (Lipinski definition) is 4. The van der Waals surface area contributed by atoms with Crippen LogP contribution in [0.5, 0.6) is 0 Å². The largest absolute Gasteiger partial charge is 2.00 e. The Labute approximate surface area is 65.5 Å². The molecule has 0 aromatic heterocycles. The van der Waals surface area contributed by atoms with Crippen LogP contribution in [0.2, 0.25) is 0 Å². The van der Waals surface area contributed by atoms with Crippen molar-refractivity contribution in [3.8, 4) is 0 Å². The third kappa shape index (κ3) is 259. The molecule has 4 N–H and O–H groups in total. The molecule has 8 heteroatoms. The molecule has 0 aliphatic carbocycles. The van der Waals surface area contributed by atoms with Gasteiger partial charge in [-0.1, -0.05) is 0 Å². The summed E-state index contributed by atoms with van der Waals surface area (Å²) in [7, 11) is -5.14. The molecule has 0 heterocycles. The van der Waals surface area contributed by atoms with Crippen LogP contribution in [-0.2, 0) is 24.0 Å². The zero-order valence-electron chi connectivity index (χ0n) is 3.94. The van der Waals surface area contributed by atoms with Crippen molar-refractivity contribution in [2.75, 3.05) is 0 Å². The second-order valence-corrected chi connectivity index (χ2v) is 1.41. The summed E-state index contributed by atoms with van der Waals surface area (Å²) in [4.78, 5) is 24.3. The molecule has 0 saturated heterocycles. The molecule has 0 radical (unpaired) electrons. The summed E-state index contributed by atoms with van der Waals surface area (Å²) in [5, 5.41) is 0. The van der Waals surface area contributed by atoms with Gasteiger partial charge >= 0.3 is 19.5 Å². The van der Waals surface area contributed by atoms with E-state index in [-0.39, 0.29) is 38.0 Å². The zero-order chi connectivity index (χ0) is 4.50. The molecule has 0 aromatic rings. The molecular weight excluding hydrogens is 210 g/mol. The molecule has 0 bridgehead atoms. The van der Waals surface area contributed by atoms with Crippen LogP contribution < -0.4 is 15.9 Å². The van der Waals surface area contributed by atoms with Crippen molar-refractivity contribution >= 4 is 20.2 Å². The van der Waals surface area contributed by atoms with E-state index in [2.05, 4.69) is 0 Å². The normalized spacial score (nSPS) is 7.38. The van der Waals surface area contributed by atoms with Gasteiger partial charge in [-0.3, -0.25) is 0 Å². The fourth-order valence-electron chi connectivity index (χ4n) is 0. The molecule has 0 spiro atoms. The average Bonchev–Trinajstić information content (AvgIpc) is 0.722. The van der Waals surface area contributed by atoms with Crippen molar-refractivity contribution in [3.05, 3.63) is 0 Å². The van der Waals surface area contributed by atoms with E-state index in [1.165, 1.54) is 0 Å². The number of phosphoric acid groups is 1. The van der Waals surface area contributed by atoms with Crippen LogP contribution in [-0.4, -0.2) is 4.89 Å². The monoisotopic (exact) mass is 213 g/mol. The molecule has 0 aromatic carbocycles. The zero-order valence-corrected chi connectivity index (χ0v) is 8.62. The van der Waals surface area contributed by atoms with Gasteiger partial charge in [0.15, 0.2) is 0 Å². The molecule has 48 valence electrons. The first kappa shape index (κ1) is 23.1. The van der Waals surface area contributed by atoms with Crippen molar-refractivity contribution in [1.82, 2.24) is 6.15 Å². The molecule has 0 aliphatic heterocycles. The van der Waals surface area contributed by atoms with Gasteiger partial charge in [-0.15, -0.1) is 12.4 Å². The van der Waals surface area contributed by atoms with Crippen LogP contribution in [0.3, 0.4) is 0 Å². The maximum atomic E-state index is 8.66. The Morgan fingerprint density at radius 2 is 1.38 bits per heavy atom. The van der Waals surface area contributed by atoms with Gasteiger partial charge in [0, 0.05) is 0 Å². The fraction of sp³-hybridized carbons (Fsp3) is 0. The Hall–Kier alpha value is 0.983. The van der Waals surface area contributed by atoms with E-state index < -0.39 is 7.82 Å². The van der Waals surface area contributed by atoms with Crippen molar-refractivity contribution < 1.29 is 38.7 Å². The number of hydrogen-bond donors (Lipinski definition) is 2. The first-order valence-electron chi connectivity index (χ1n) is 0.748. The second kappa shape index (κ2) is 7.98. The summed E-state index contributed by atoms with van der Waals surface area (Å²) >= 11 is 0. The molecule has 0 fully saturated rings. The van der Waals surface area contributed by atoms with E-state index >= 15 is 0 Å². The van der Waals surface area contributed by atoms with Gasteiger partial charge in [0.05, 0.1) is 7.82 Å². The SMILES string of the molecule is Cl.N.O=P([O-])([O-])O.[Zn+2]. The molecule has 5 nitrogen and oxygen atoms in total. The van der Waals surface area contributed by atoms with Crippen LogP contribution in [0, 0.1) is 0 Å². The van der Waals surface area contributed by atoms with E-state index in [1.54, 1.807) is 0 Å². The minimum absolute atomic E-state index is 0. The topological polar surface area (TPSA) is 118 Å². The Kier molecular flexibility index (Phi) is 23.0. The molecular formula is H5ClNO4PZn. The van der Waals surface area contributed by atoms with Crippen molar-refractivity contribution in [1.29, 1.82) is 0 Å². The van der Waals surface area contributed by atoms with Crippen molar-refractivity contribution in [3.63, 3.8) is 0 Å². The Bertz CT molecular complexity index is 62.2. The molecule has 0 unspecified atom stereocenters. The molecule has 0 amide bonds. The smallest absolute Gasteiger partial charge is 0.790 e. The summed E-state index contributed by atoms with van der Waals surface area (Å²) in [6.45, 7) is 0. The molecule has 0 rings (SSSR count). The van der Waals surface area contributed by atoms with Gasteiger partial charge in [0.1, 0.15) is 0 Å². The predicted molar refractivity (Wildman–Crippen MR) is 22.1 cm³/mol. The van der Waals surface area contributed by atoms with Crippen LogP contribution in [0.4, 0.5) is 0 Å². The summed E-state index contributed by atoms with van der Waals surface area (Å²) in [6, 6.07) is 0. The average molecular weight is 215 g/mol. The van der Waals surface area contributed by atoms with Crippen molar-refractivity contribution in [2.24, 2.45) is 0 Å². The fourth-order valence-corrected chi connectivity index (χ4v) is 0. The maximum Gasteiger partial charge on any atom is 2.00 e. The van der Waals surface area contributed by atoms with Crippen molar-refractivity contribution in [2.45, 2.75) is 0 Å². The van der Waals surface area contributed by atoms with E-state index in [0.29, 0.717) is 0 Å². The van der Waals surface area contributed by atoms with E-state index in [1.807, 2.05) is 0 Å². The molecule has 8 heavy (non-hydrogen) atoms. The quantitative estimate of drug-likeness (QED) is 0.372. The van der Waals surface area contributed by atoms with Gasteiger partial charge in [-0.2, -0.15) is 0 Å². The Morgan fingerprint density at radius 1 is 1.38 bits per heavy atom. The summed E-state index contributed by atoms with van der Waals surface area (Å²) < 4.78 is 8.66. The summed E-state index contributed by atoms with van der Waals surface area (Å²) in [5.74, 6) is 0. The van der Waals surface area contributed by atoms with Gasteiger partial charge in [0.2, 0.25) is 0 Å². The third-order valence-corrected chi connectivity index (χ3v) is 0.